The van der Waals surface area contributed by atoms with Crippen molar-refractivity contribution in [3.8, 4) is 5.75 Å². The lowest BCUT2D eigenvalue weighted by atomic mass is 9.74. The van der Waals surface area contributed by atoms with Gasteiger partial charge in [0.05, 0.1) is 12.6 Å². The first-order valence-electron chi connectivity index (χ1n) is 14.4. The molecule has 1 unspecified atom stereocenters. The molecule has 0 bridgehead atoms. The molecule has 0 aromatic heterocycles. The van der Waals surface area contributed by atoms with E-state index in [4.69, 9.17) is 9.47 Å². The highest BCUT2D eigenvalue weighted by Gasteiger charge is 2.35. The Morgan fingerprint density at radius 3 is 2.44 bits per heavy atom. The highest BCUT2D eigenvalue weighted by atomic mass is 16.6. The second-order valence-corrected chi connectivity index (χ2v) is 11.0. The van der Waals surface area contributed by atoms with Crippen LogP contribution in [0.25, 0.3) is 0 Å². The summed E-state index contributed by atoms with van der Waals surface area (Å²) < 4.78 is 11.1. The number of rotatable bonds is 10. The van der Waals surface area contributed by atoms with Gasteiger partial charge in [-0.25, -0.2) is 4.79 Å². The zero-order valence-corrected chi connectivity index (χ0v) is 22.9. The topological polar surface area (TPSA) is 67.9 Å². The van der Waals surface area contributed by atoms with E-state index in [0.717, 1.165) is 62.5 Å². The second kappa shape index (κ2) is 13.1. The van der Waals surface area contributed by atoms with Crippen LogP contribution in [0.1, 0.15) is 68.4 Å². The lowest BCUT2D eigenvalue weighted by Gasteiger charge is -2.33. The van der Waals surface area contributed by atoms with Crippen molar-refractivity contribution in [3.63, 3.8) is 0 Å². The van der Waals surface area contributed by atoms with E-state index >= 15 is 0 Å². The molecule has 2 saturated carbocycles. The highest BCUT2D eigenvalue weighted by Crippen LogP contribution is 2.38. The number of amides is 2. The molecule has 3 aliphatic carbocycles. The van der Waals surface area contributed by atoms with Crippen LogP contribution in [0.5, 0.6) is 5.75 Å². The Kier molecular flexibility index (Phi) is 9.15. The summed E-state index contributed by atoms with van der Waals surface area (Å²) in [6.07, 6.45) is 14.4. The number of nitrogens with one attached hydrogen (secondary N) is 1. The summed E-state index contributed by atoms with van der Waals surface area (Å²) in [5.74, 6) is 0.818. The second-order valence-electron chi connectivity index (χ2n) is 11.0. The van der Waals surface area contributed by atoms with Gasteiger partial charge in [0.25, 0.3) is 0 Å². The summed E-state index contributed by atoms with van der Waals surface area (Å²) in [5.41, 5.74) is 3.41. The van der Waals surface area contributed by atoms with Crippen molar-refractivity contribution < 1.29 is 19.1 Å². The Balaban J connectivity index is 1.24. The van der Waals surface area contributed by atoms with Crippen molar-refractivity contribution >= 4 is 12.0 Å². The summed E-state index contributed by atoms with van der Waals surface area (Å²) in [7, 11) is 1.68. The van der Waals surface area contributed by atoms with Gasteiger partial charge in [-0.3, -0.25) is 4.79 Å². The SMILES string of the molecule is COCC(NC(=O)[C@H]1CCCC[C@@H]1c1ccc(CN(C(=O)Oc2ccccc2)C2CC2)cc1)C1=CCCC=C1. The molecule has 0 spiro atoms. The van der Waals surface area contributed by atoms with Crippen LogP contribution >= 0.6 is 0 Å². The molecule has 0 aliphatic heterocycles. The third kappa shape index (κ3) is 7.18. The highest BCUT2D eigenvalue weighted by molar-refractivity contribution is 5.80. The van der Waals surface area contributed by atoms with Crippen LogP contribution in [-0.2, 0) is 16.1 Å². The van der Waals surface area contributed by atoms with Gasteiger partial charge in [-0.15, -0.1) is 0 Å². The minimum absolute atomic E-state index is 0.0547. The van der Waals surface area contributed by atoms with Gasteiger partial charge in [0.15, 0.2) is 0 Å². The number of carbonyl (C=O) groups excluding carboxylic acids is 2. The molecule has 206 valence electrons. The van der Waals surface area contributed by atoms with E-state index in [1.54, 1.807) is 19.2 Å². The van der Waals surface area contributed by atoms with Crippen molar-refractivity contribution in [2.24, 2.45) is 5.92 Å². The van der Waals surface area contributed by atoms with Crippen LogP contribution in [0.4, 0.5) is 4.79 Å². The lowest BCUT2D eigenvalue weighted by molar-refractivity contribution is -0.127. The third-order valence-corrected chi connectivity index (χ3v) is 8.11. The number of para-hydroxylation sites is 1. The summed E-state index contributed by atoms with van der Waals surface area (Å²) >= 11 is 0. The van der Waals surface area contributed by atoms with Gasteiger partial charge in [-0.2, -0.15) is 0 Å². The largest absolute Gasteiger partial charge is 0.415 e. The fourth-order valence-corrected chi connectivity index (χ4v) is 5.85. The molecule has 0 radical (unpaired) electrons. The fourth-order valence-electron chi connectivity index (χ4n) is 5.85. The molecule has 2 fully saturated rings. The van der Waals surface area contributed by atoms with Crippen molar-refractivity contribution in [2.45, 2.75) is 75.9 Å². The zero-order valence-electron chi connectivity index (χ0n) is 22.9. The predicted molar refractivity (Wildman–Crippen MR) is 152 cm³/mol. The lowest BCUT2D eigenvalue weighted by Crippen LogP contribution is -2.44. The molecule has 2 aromatic carbocycles. The molecule has 2 aromatic rings. The molecule has 2 amide bonds. The average molecular weight is 529 g/mol. The number of hydrogen-bond donors (Lipinski definition) is 1. The Morgan fingerprint density at radius 2 is 1.74 bits per heavy atom. The van der Waals surface area contributed by atoms with Gasteiger partial charge in [0.2, 0.25) is 5.91 Å². The Morgan fingerprint density at radius 1 is 0.974 bits per heavy atom. The van der Waals surface area contributed by atoms with Crippen LogP contribution in [0.15, 0.2) is 78.4 Å². The van der Waals surface area contributed by atoms with E-state index in [2.05, 4.69) is 47.8 Å². The molecular formula is C33H40N2O4. The van der Waals surface area contributed by atoms with E-state index in [9.17, 15) is 9.59 Å². The molecule has 0 heterocycles. The average Bonchev–Trinajstić information content (AvgIpc) is 3.82. The zero-order chi connectivity index (χ0) is 27.0. The number of nitrogens with zero attached hydrogens (tertiary/aromatic N) is 1. The third-order valence-electron chi connectivity index (χ3n) is 8.11. The van der Waals surface area contributed by atoms with Crippen molar-refractivity contribution in [1.82, 2.24) is 10.2 Å². The van der Waals surface area contributed by atoms with Crippen molar-refractivity contribution in [3.05, 3.63) is 89.5 Å². The molecule has 39 heavy (non-hydrogen) atoms. The first-order valence-corrected chi connectivity index (χ1v) is 14.4. The molecule has 1 N–H and O–H groups in total. The number of methoxy groups -OCH3 is 1. The molecule has 5 rings (SSSR count). The van der Waals surface area contributed by atoms with E-state index in [1.165, 1.54) is 5.56 Å². The predicted octanol–water partition coefficient (Wildman–Crippen LogP) is 6.53. The van der Waals surface area contributed by atoms with E-state index < -0.39 is 0 Å². The maximum Gasteiger partial charge on any atom is 0.415 e. The standard InChI is InChI=1S/C33H40N2O4/c1-38-23-31(26-10-4-2-5-11-26)34-32(36)30-15-9-8-14-29(30)25-18-16-24(17-19-25)22-35(27-20-21-27)33(37)39-28-12-6-3-7-13-28/h3-4,6-7,10-13,16-19,27,29-31H,2,5,8-9,14-15,20-23H2,1H3,(H,34,36)/t29-,30+,31?/m1/s1. The van der Waals surface area contributed by atoms with E-state index in [-0.39, 0.29) is 35.9 Å². The summed E-state index contributed by atoms with van der Waals surface area (Å²) in [4.78, 5) is 28.3. The Bertz CT molecular complexity index is 1170. The van der Waals surface area contributed by atoms with Crippen LogP contribution in [0.2, 0.25) is 0 Å². The maximum absolute atomic E-state index is 13.6. The first-order chi connectivity index (χ1) is 19.1. The molecule has 6 heteroatoms. The normalized spacial score (nSPS) is 21.5. The first kappa shape index (κ1) is 27.2. The number of benzene rings is 2. The van der Waals surface area contributed by atoms with Crippen LogP contribution in [0, 0.1) is 5.92 Å². The summed E-state index contributed by atoms with van der Waals surface area (Å²) in [6, 6.07) is 17.9. The molecule has 3 atom stereocenters. The van der Waals surface area contributed by atoms with E-state index in [0.29, 0.717) is 18.9 Å². The van der Waals surface area contributed by atoms with Gasteiger partial charge < -0.3 is 19.7 Å². The monoisotopic (exact) mass is 528 g/mol. The summed E-state index contributed by atoms with van der Waals surface area (Å²) in [5, 5.41) is 3.30. The van der Waals surface area contributed by atoms with Crippen LogP contribution < -0.4 is 10.1 Å². The maximum atomic E-state index is 13.6. The van der Waals surface area contributed by atoms with Crippen LogP contribution in [-0.4, -0.2) is 42.7 Å². The number of ether oxygens (including phenoxy) is 2. The minimum atomic E-state index is -0.301. The Hall–Kier alpha value is -3.38. The number of hydrogen-bond acceptors (Lipinski definition) is 4. The smallest absolute Gasteiger partial charge is 0.410 e. The number of allylic oxidation sites excluding steroid dienone is 2. The van der Waals surface area contributed by atoms with Gasteiger partial charge >= 0.3 is 6.09 Å². The van der Waals surface area contributed by atoms with Crippen molar-refractivity contribution in [1.29, 1.82) is 0 Å². The number of carbonyl (C=O) groups is 2. The quantitative estimate of drug-likeness (QED) is 0.381. The van der Waals surface area contributed by atoms with Gasteiger partial charge in [0.1, 0.15) is 5.75 Å². The molecule has 0 saturated heterocycles. The van der Waals surface area contributed by atoms with Gasteiger partial charge in [-0.1, -0.05) is 73.5 Å². The minimum Gasteiger partial charge on any atom is -0.410 e. The Labute approximate surface area is 232 Å². The summed E-state index contributed by atoms with van der Waals surface area (Å²) in [6.45, 7) is 0.991. The van der Waals surface area contributed by atoms with Crippen molar-refractivity contribution in [2.75, 3.05) is 13.7 Å². The van der Waals surface area contributed by atoms with Gasteiger partial charge in [-0.05, 0) is 73.3 Å². The molecular weight excluding hydrogens is 488 g/mol. The molecule has 6 nitrogen and oxygen atoms in total. The fraction of sp³-hybridized carbons (Fsp3) is 0.455. The van der Waals surface area contributed by atoms with Crippen LogP contribution in [0.3, 0.4) is 0 Å². The van der Waals surface area contributed by atoms with E-state index in [1.807, 2.05) is 23.1 Å². The van der Waals surface area contributed by atoms with Gasteiger partial charge in [0, 0.05) is 25.6 Å². The molecule has 3 aliphatic rings.